The molecule has 0 aliphatic carbocycles. The Bertz CT molecular complexity index is 936. The SMILES string of the molecule is C[C@@H](OC(=O)CNS(=O)(=O)c1ccccc1)C(=O)Nc1ccc(F)c(F)c1. The second-order valence-corrected chi connectivity index (χ2v) is 7.15. The van der Waals surface area contributed by atoms with Crippen LogP contribution in [0, 0.1) is 11.6 Å². The summed E-state index contributed by atoms with van der Waals surface area (Å²) in [4.78, 5) is 23.6. The maximum Gasteiger partial charge on any atom is 0.321 e. The van der Waals surface area contributed by atoms with E-state index in [1.807, 2.05) is 0 Å². The maximum atomic E-state index is 13.1. The van der Waals surface area contributed by atoms with Crippen molar-refractivity contribution < 1.29 is 31.5 Å². The zero-order valence-corrected chi connectivity index (χ0v) is 14.9. The summed E-state index contributed by atoms with van der Waals surface area (Å²) in [5, 5.41) is 2.25. The smallest absolute Gasteiger partial charge is 0.321 e. The normalized spacial score (nSPS) is 12.3. The third-order valence-corrected chi connectivity index (χ3v) is 4.74. The number of esters is 1. The standard InChI is InChI=1S/C17H16F2N2O5S/c1-11(17(23)21-12-7-8-14(18)15(19)9-12)26-16(22)10-20-27(24,25)13-5-3-2-4-6-13/h2-9,11,20H,10H2,1H3,(H,21,23)/t11-/m1/s1. The second kappa shape index (κ2) is 8.69. The van der Waals surface area contributed by atoms with E-state index < -0.39 is 46.2 Å². The molecule has 0 aromatic heterocycles. The van der Waals surface area contributed by atoms with E-state index in [1.165, 1.54) is 31.2 Å². The summed E-state index contributed by atoms with van der Waals surface area (Å²) in [5.41, 5.74) is -0.0217. The number of amides is 1. The summed E-state index contributed by atoms with van der Waals surface area (Å²) in [6, 6.07) is 10.1. The van der Waals surface area contributed by atoms with Crippen molar-refractivity contribution in [3.05, 3.63) is 60.2 Å². The fourth-order valence-electron chi connectivity index (χ4n) is 1.95. The van der Waals surface area contributed by atoms with Gasteiger partial charge in [-0.25, -0.2) is 17.2 Å². The molecule has 2 rings (SSSR count). The molecule has 0 saturated heterocycles. The van der Waals surface area contributed by atoms with E-state index in [0.717, 1.165) is 18.2 Å². The molecule has 0 heterocycles. The molecule has 1 amide bonds. The number of ether oxygens (including phenoxy) is 1. The van der Waals surface area contributed by atoms with E-state index in [0.29, 0.717) is 0 Å². The molecule has 0 saturated carbocycles. The second-order valence-electron chi connectivity index (χ2n) is 5.39. The number of sulfonamides is 1. The number of halogens is 2. The average Bonchev–Trinajstić information content (AvgIpc) is 2.64. The zero-order valence-electron chi connectivity index (χ0n) is 14.1. The number of carbonyl (C=O) groups excluding carboxylic acids is 2. The number of rotatable bonds is 7. The molecule has 0 unspecified atom stereocenters. The van der Waals surface area contributed by atoms with Crippen LogP contribution in [-0.4, -0.2) is 32.9 Å². The lowest BCUT2D eigenvalue weighted by molar-refractivity contribution is -0.151. The largest absolute Gasteiger partial charge is 0.452 e. The Morgan fingerprint density at radius 3 is 2.37 bits per heavy atom. The molecule has 0 bridgehead atoms. The average molecular weight is 398 g/mol. The molecule has 10 heteroatoms. The van der Waals surface area contributed by atoms with Gasteiger partial charge in [0.1, 0.15) is 6.54 Å². The summed E-state index contributed by atoms with van der Waals surface area (Å²) >= 11 is 0. The van der Waals surface area contributed by atoms with Crippen LogP contribution in [0.4, 0.5) is 14.5 Å². The van der Waals surface area contributed by atoms with E-state index in [1.54, 1.807) is 6.07 Å². The van der Waals surface area contributed by atoms with Crippen LogP contribution < -0.4 is 10.0 Å². The van der Waals surface area contributed by atoms with Crippen molar-refractivity contribution in [3.8, 4) is 0 Å². The maximum absolute atomic E-state index is 13.1. The van der Waals surface area contributed by atoms with E-state index >= 15 is 0 Å². The number of carbonyl (C=O) groups is 2. The van der Waals surface area contributed by atoms with Crippen LogP contribution in [-0.2, 0) is 24.3 Å². The summed E-state index contributed by atoms with van der Waals surface area (Å²) < 4.78 is 56.8. The van der Waals surface area contributed by atoms with Crippen LogP contribution in [0.2, 0.25) is 0 Å². The zero-order chi connectivity index (χ0) is 20.0. The highest BCUT2D eigenvalue weighted by Crippen LogP contribution is 2.13. The lowest BCUT2D eigenvalue weighted by Crippen LogP contribution is -2.35. The first-order chi connectivity index (χ1) is 12.7. The van der Waals surface area contributed by atoms with Gasteiger partial charge in [-0.3, -0.25) is 9.59 Å². The number of nitrogens with one attached hydrogen (secondary N) is 2. The first-order valence-electron chi connectivity index (χ1n) is 7.69. The van der Waals surface area contributed by atoms with Crippen molar-refractivity contribution in [2.75, 3.05) is 11.9 Å². The molecule has 2 aromatic carbocycles. The third kappa shape index (κ3) is 5.83. The van der Waals surface area contributed by atoms with Gasteiger partial charge in [-0.05, 0) is 31.2 Å². The van der Waals surface area contributed by atoms with Crippen LogP contribution >= 0.6 is 0 Å². The summed E-state index contributed by atoms with van der Waals surface area (Å²) in [6.07, 6.45) is -1.29. The number of hydrogen-bond donors (Lipinski definition) is 2. The predicted molar refractivity (Wildman–Crippen MR) is 92.2 cm³/mol. The molecule has 7 nitrogen and oxygen atoms in total. The lowest BCUT2D eigenvalue weighted by atomic mass is 10.3. The van der Waals surface area contributed by atoms with Crippen molar-refractivity contribution in [2.24, 2.45) is 0 Å². The highest BCUT2D eigenvalue weighted by Gasteiger charge is 2.21. The molecule has 0 radical (unpaired) electrons. The molecule has 0 aliphatic heterocycles. The highest BCUT2D eigenvalue weighted by molar-refractivity contribution is 7.89. The van der Waals surface area contributed by atoms with Crippen LogP contribution in [0.25, 0.3) is 0 Å². The lowest BCUT2D eigenvalue weighted by Gasteiger charge is -2.14. The minimum Gasteiger partial charge on any atom is -0.452 e. The van der Waals surface area contributed by atoms with E-state index in [9.17, 15) is 26.8 Å². The van der Waals surface area contributed by atoms with E-state index in [2.05, 4.69) is 10.0 Å². The minimum absolute atomic E-state index is 0.0217. The summed E-state index contributed by atoms with van der Waals surface area (Å²) in [7, 11) is -3.90. The Morgan fingerprint density at radius 2 is 1.74 bits per heavy atom. The Hall–Kier alpha value is -2.85. The van der Waals surface area contributed by atoms with Crippen molar-refractivity contribution in [1.82, 2.24) is 4.72 Å². The first kappa shape index (κ1) is 20.5. The van der Waals surface area contributed by atoms with Crippen LogP contribution in [0.15, 0.2) is 53.4 Å². The Morgan fingerprint density at radius 1 is 1.07 bits per heavy atom. The molecular formula is C17H16F2N2O5S. The van der Waals surface area contributed by atoms with Gasteiger partial charge in [0.2, 0.25) is 10.0 Å². The monoisotopic (exact) mass is 398 g/mol. The van der Waals surface area contributed by atoms with Gasteiger partial charge in [-0.2, -0.15) is 4.72 Å². The predicted octanol–water partition coefficient (Wildman–Crippen LogP) is 1.81. The third-order valence-electron chi connectivity index (χ3n) is 3.32. The van der Waals surface area contributed by atoms with Crippen molar-refractivity contribution in [2.45, 2.75) is 17.9 Å². The first-order valence-corrected chi connectivity index (χ1v) is 9.17. The summed E-state index contributed by atoms with van der Waals surface area (Å²) in [6.45, 7) is 0.568. The van der Waals surface area contributed by atoms with Gasteiger partial charge in [0.05, 0.1) is 4.90 Å². The van der Waals surface area contributed by atoms with Gasteiger partial charge in [0.25, 0.3) is 5.91 Å². The Kier molecular flexibility index (Phi) is 6.59. The number of benzene rings is 2. The molecule has 27 heavy (non-hydrogen) atoms. The summed E-state index contributed by atoms with van der Waals surface area (Å²) in [5.74, 6) is -3.99. The Balaban J connectivity index is 1.87. The fraction of sp³-hybridized carbons (Fsp3) is 0.176. The van der Waals surface area contributed by atoms with Gasteiger partial charge in [-0.15, -0.1) is 0 Å². The molecule has 2 N–H and O–H groups in total. The van der Waals surface area contributed by atoms with Crippen molar-refractivity contribution in [1.29, 1.82) is 0 Å². The molecule has 0 spiro atoms. The quantitative estimate of drug-likeness (QED) is 0.693. The Labute approximate surface area is 154 Å². The van der Waals surface area contributed by atoms with Crippen molar-refractivity contribution >= 4 is 27.6 Å². The van der Waals surface area contributed by atoms with Gasteiger partial charge < -0.3 is 10.1 Å². The molecule has 1 atom stereocenters. The fourth-order valence-corrected chi connectivity index (χ4v) is 2.94. The van der Waals surface area contributed by atoms with E-state index in [-0.39, 0.29) is 10.6 Å². The number of hydrogen-bond acceptors (Lipinski definition) is 5. The van der Waals surface area contributed by atoms with Crippen LogP contribution in [0.5, 0.6) is 0 Å². The van der Waals surface area contributed by atoms with Gasteiger partial charge in [-0.1, -0.05) is 18.2 Å². The van der Waals surface area contributed by atoms with Gasteiger partial charge in [0, 0.05) is 11.8 Å². The molecule has 2 aromatic rings. The molecule has 0 fully saturated rings. The molecule has 144 valence electrons. The van der Waals surface area contributed by atoms with Crippen LogP contribution in [0.3, 0.4) is 0 Å². The van der Waals surface area contributed by atoms with Gasteiger partial charge >= 0.3 is 5.97 Å². The van der Waals surface area contributed by atoms with Crippen molar-refractivity contribution in [3.63, 3.8) is 0 Å². The number of anilines is 1. The van der Waals surface area contributed by atoms with Crippen LogP contribution in [0.1, 0.15) is 6.92 Å². The van der Waals surface area contributed by atoms with E-state index in [4.69, 9.17) is 4.74 Å². The van der Waals surface area contributed by atoms with Gasteiger partial charge in [0.15, 0.2) is 17.7 Å². The minimum atomic E-state index is -3.90. The highest BCUT2D eigenvalue weighted by atomic mass is 32.2. The topological polar surface area (TPSA) is 102 Å². The molecular weight excluding hydrogens is 382 g/mol. The molecule has 0 aliphatic rings.